The van der Waals surface area contributed by atoms with Crippen molar-refractivity contribution in [3.8, 4) is 11.3 Å². The summed E-state index contributed by atoms with van der Waals surface area (Å²) in [5.74, 6) is 0. The molecule has 0 bridgehead atoms. The second-order valence-corrected chi connectivity index (χ2v) is 7.78. The van der Waals surface area contributed by atoms with E-state index in [1.807, 2.05) is 19.0 Å². The third kappa shape index (κ3) is 4.94. The number of hydrogen-bond acceptors (Lipinski definition) is 5. The summed E-state index contributed by atoms with van der Waals surface area (Å²) in [6.07, 6.45) is 5.76. The molecule has 0 saturated heterocycles. The number of pyridine rings is 1. The molecule has 1 fully saturated rings. The van der Waals surface area contributed by atoms with Gasteiger partial charge in [-0.25, -0.2) is 9.67 Å². The lowest BCUT2D eigenvalue weighted by Gasteiger charge is -2.38. The van der Waals surface area contributed by atoms with Crippen LogP contribution in [0.25, 0.3) is 11.3 Å². The van der Waals surface area contributed by atoms with Crippen LogP contribution in [0, 0.1) is 0 Å². The topological polar surface area (TPSA) is 66.2 Å². The van der Waals surface area contributed by atoms with Crippen molar-refractivity contribution < 1.29 is 13.9 Å². The fourth-order valence-electron chi connectivity index (χ4n) is 3.61. The van der Waals surface area contributed by atoms with Crippen molar-refractivity contribution in [3.05, 3.63) is 29.7 Å². The molecule has 0 unspecified atom stereocenters. The molecule has 3 rings (SSSR count). The largest absolute Gasteiger partial charge is 0.389 e. The van der Waals surface area contributed by atoms with Crippen LogP contribution in [0.1, 0.15) is 32.2 Å². The molecule has 0 spiro atoms. The summed E-state index contributed by atoms with van der Waals surface area (Å²) >= 11 is 6.04. The van der Waals surface area contributed by atoms with E-state index in [0.29, 0.717) is 46.2 Å². The molecule has 0 aromatic carbocycles. The van der Waals surface area contributed by atoms with Gasteiger partial charge in [-0.2, -0.15) is 13.9 Å². The summed E-state index contributed by atoms with van der Waals surface area (Å²) in [5, 5.41) is 18.3. The highest BCUT2D eigenvalue weighted by Crippen LogP contribution is 2.34. The Kier molecular flexibility index (Phi) is 5.98. The van der Waals surface area contributed by atoms with Crippen LogP contribution in [0.5, 0.6) is 0 Å². The number of nitrogens with zero attached hydrogens (tertiary/aromatic N) is 4. The highest BCUT2D eigenvalue weighted by Gasteiger charge is 2.33. The van der Waals surface area contributed by atoms with Crippen LogP contribution in [0.15, 0.2) is 24.5 Å². The first-order valence-electron chi connectivity index (χ1n) is 8.89. The van der Waals surface area contributed by atoms with Crippen LogP contribution in [0.4, 0.5) is 14.5 Å². The first-order valence-corrected chi connectivity index (χ1v) is 9.26. The quantitative estimate of drug-likeness (QED) is 0.726. The normalized spacial score (nSPS) is 23.2. The Hall–Kier alpha value is -1.77. The third-order valence-corrected chi connectivity index (χ3v) is 5.05. The molecule has 2 heterocycles. The summed E-state index contributed by atoms with van der Waals surface area (Å²) in [5.41, 5.74) is 1.06. The van der Waals surface area contributed by atoms with E-state index in [1.54, 1.807) is 6.07 Å². The van der Waals surface area contributed by atoms with Crippen LogP contribution >= 0.6 is 11.6 Å². The zero-order valence-corrected chi connectivity index (χ0v) is 16.1. The Morgan fingerprint density at radius 2 is 2.11 bits per heavy atom. The number of nitrogens with one attached hydrogen (secondary N) is 1. The first-order chi connectivity index (χ1) is 12.8. The Labute approximate surface area is 162 Å². The maximum absolute atomic E-state index is 12.8. The van der Waals surface area contributed by atoms with E-state index < -0.39 is 12.2 Å². The molecule has 2 aromatic heterocycles. The lowest BCUT2D eigenvalue weighted by atomic mass is 9.81. The van der Waals surface area contributed by atoms with Gasteiger partial charge in [0.05, 0.1) is 11.3 Å². The summed E-state index contributed by atoms with van der Waals surface area (Å²) in [6.45, 7) is -2.06. The average Bonchev–Trinajstić information content (AvgIpc) is 3.06. The van der Waals surface area contributed by atoms with E-state index in [0.717, 1.165) is 12.8 Å². The van der Waals surface area contributed by atoms with Crippen molar-refractivity contribution in [1.29, 1.82) is 0 Å². The fourth-order valence-corrected chi connectivity index (χ4v) is 3.77. The second kappa shape index (κ2) is 8.08. The highest BCUT2D eigenvalue weighted by molar-refractivity contribution is 6.29. The Morgan fingerprint density at radius 3 is 2.70 bits per heavy atom. The van der Waals surface area contributed by atoms with Gasteiger partial charge in [0.2, 0.25) is 0 Å². The highest BCUT2D eigenvalue weighted by atomic mass is 35.5. The molecule has 6 nitrogen and oxygen atoms in total. The molecule has 27 heavy (non-hydrogen) atoms. The van der Waals surface area contributed by atoms with Gasteiger partial charge in [-0.1, -0.05) is 11.6 Å². The molecule has 0 atom stereocenters. The molecule has 1 aliphatic carbocycles. The number of aromatic nitrogens is 3. The fraction of sp³-hybridized carbons (Fsp3) is 0.556. The van der Waals surface area contributed by atoms with Crippen molar-refractivity contribution in [2.45, 2.75) is 43.9 Å². The van der Waals surface area contributed by atoms with Crippen molar-refractivity contribution in [3.63, 3.8) is 0 Å². The van der Waals surface area contributed by atoms with Crippen LogP contribution in [-0.2, 0) is 0 Å². The molecule has 2 aromatic rings. The average molecular weight is 400 g/mol. The number of hydrogen-bond donors (Lipinski definition) is 2. The molecule has 148 valence electrons. The van der Waals surface area contributed by atoms with Gasteiger partial charge < -0.3 is 15.3 Å². The smallest absolute Gasteiger partial charge is 0.333 e. The third-order valence-electron chi connectivity index (χ3n) is 4.84. The number of rotatable bonds is 6. The van der Waals surface area contributed by atoms with Crippen molar-refractivity contribution in [2.24, 2.45) is 0 Å². The molecule has 9 heteroatoms. The minimum Gasteiger partial charge on any atom is -0.389 e. The van der Waals surface area contributed by atoms with E-state index >= 15 is 0 Å². The minimum absolute atomic E-state index is 0.154. The van der Waals surface area contributed by atoms with Crippen molar-refractivity contribution in [2.75, 3.05) is 26.0 Å². The van der Waals surface area contributed by atoms with Gasteiger partial charge in [0.1, 0.15) is 5.15 Å². The van der Waals surface area contributed by atoms with Gasteiger partial charge in [-0.05, 0) is 51.9 Å². The van der Waals surface area contributed by atoms with E-state index in [1.165, 1.54) is 18.5 Å². The van der Waals surface area contributed by atoms with Crippen molar-refractivity contribution >= 4 is 17.3 Å². The first kappa shape index (κ1) is 20.0. The Balaban J connectivity index is 1.74. The van der Waals surface area contributed by atoms with Gasteiger partial charge >= 0.3 is 6.55 Å². The predicted molar refractivity (Wildman–Crippen MR) is 101 cm³/mol. The van der Waals surface area contributed by atoms with Crippen LogP contribution in [-0.4, -0.2) is 57.1 Å². The maximum Gasteiger partial charge on any atom is 0.333 e. The molecular weight excluding hydrogens is 376 g/mol. The van der Waals surface area contributed by atoms with Crippen molar-refractivity contribution in [1.82, 2.24) is 19.7 Å². The molecule has 1 aliphatic rings. The van der Waals surface area contributed by atoms with Gasteiger partial charge in [0.25, 0.3) is 0 Å². The lowest BCUT2D eigenvalue weighted by molar-refractivity contribution is -0.0183. The van der Waals surface area contributed by atoms with Crippen LogP contribution in [0.2, 0.25) is 5.15 Å². The molecule has 0 radical (unpaired) electrons. The molecule has 0 aliphatic heterocycles. The number of likely N-dealkylation sites (N-methyl/N-ethyl adjacent to an activating group) is 1. The summed E-state index contributed by atoms with van der Waals surface area (Å²) < 4.78 is 26.2. The second-order valence-electron chi connectivity index (χ2n) is 7.39. The molecule has 2 N–H and O–H groups in total. The maximum atomic E-state index is 12.8. The lowest BCUT2D eigenvalue weighted by Crippen LogP contribution is -2.45. The predicted octanol–water partition coefficient (Wildman–Crippen LogP) is 3.64. The number of aliphatic hydroxyl groups is 1. The summed E-state index contributed by atoms with van der Waals surface area (Å²) in [6, 6.07) is 3.36. The van der Waals surface area contributed by atoms with E-state index in [9.17, 15) is 13.9 Å². The van der Waals surface area contributed by atoms with Gasteiger partial charge in [0.15, 0.2) is 0 Å². The van der Waals surface area contributed by atoms with Gasteiger partial charge in [-0.15, -0.1) is 0 Å². The Morgan fingerprint density at radius 1 is 1.41 bits per heavy atom. The molecule has 1 saturated carbocycles. The zero-order chi connectivity index (χ0) is 19.6. The summed E-state index contributed by atoms with van der Waals surface area (Å²) in [4.78, 5) is 6.06. The van der Waals surface area contributed by atoms with E-state index in [2.05, 4.69) is 15.4 Å². The number of halogens is 3. The number of anilines is 1. The molecule has 0 amide bonds. The standard InChI is InChI=1S/C18H24ClF2N5O/c1-25(2)11-18(27)6-3-12(4-7-18)23-15-9-16(19)22-10-13(15)14-5-8-26(24-14)17(20)21/h5,8-10,12,17,27H,3-4,6-7,11H2,1-2H3,(H,22,23). The number of alkyl halides is 2. The SMILES string of the molecule is CN(C)CC1(O)CCC(Nc2cc(Cl)ncc2-c2ccn(C(F)F)n2)CC1. The molecular formula is C18H24ClF2N5O. The van der Waals surface area contributed by atoms with Crippen LogP contribution < -0.4 is 5.32 Å². The van der Waals surface area contributed by atoms with E-state index in [-0.39, 0.29) is 6.04 Å². The minimum atomic E-state index is -2.69. The van der Waals surface area contributed by atoms with Crippen LogP contribution in [0.3, 0.4) is 0 Å². The van der Waals surface area contributed by atoms with E-state index in [4.69, 9.17) is 11.6 Å². The Bertz CT molecular complexity index is 775. The summed E-state index contributed by atoms with van der Waals surface area (Å²) in [7, 11) is 3.90. The monoisotopic (exact) mass is 399 g/mol. The van der Waals surface area contributed by atoms with Gasteiger partial charge in [0, 0.05) is 36.2 Å². The zero-order valence-electron chi connectivity index (χ0n) is 15.4. The van der Waals surface area contributed by atoms with Gasteiger partial charge in [-0.3, -0.25) is 0 Å².